The van der Waals surface area contributed by atoms with Crippen molar-refractivity contribution in [2.45, 2.75) is 32.6 Å². The van der Waals surface area contributed by atoms with Crippen LogP contribution in [-0.2, 0) is 7.05 Å². The number of aromatic nitrogens is 4. The number of carbonyl (C=O) groups is 1. The Balaban J connectivity index is 1.58. The fourth-order valence-corrected chi connectivity index (χ4v) is 4.44. The van der Waals surface area contributed by atoms with Crippen molar-refractivity contribution in [1.29, 1.82) is 0 Å². The maximum atomic E-state index is 13.1. The second-order valence-electron chi connectivity index (χ2n) is 7.22. The molecule has 0 spiro atoms. The highest BCUT2D eigenvalue weighted by atomic mass is 32.1. The van der Waals surface area contributed by atoms with E-state index < -0.39 is 0 Å². The van der Waals surface area contributed by atoms with Crippen LogP contribution in [0, 0.1) is 13.8 Å². The highest BCUT2D eigenvalue weighted by molar-refractivity contribution is 7.22. The summed E-state index contributed by atoms with van der Waals surface area (Å²) < 4.78 is 2.83. The number of fused-ring (bicyclic) bond motifs is 2. The molecule has 1 aliphatic carbocycles. The molecule has 4 aromatic rings. The fourth-order valence-electron chi connectivity index (χ4n) is 3.48. The van der Waals surface area contributed by atoms with Gasteiger partial charge in [-0.1, -0.05) is 17.4 Å². The molecule has 27 heavy (non-hydrogen) atoms. The number of rotatable bonds is 3. The van der Waals surface area contributed by atoms with Crippen LogP contribution in [0.5, 0.6) is 0 Å². The number of anilines is 1. The van der Waals surface area contributed by atoms with Gasteiger partial charge in [-0.05, 0) is 50.5 Å². The zero-order valence-corrected chi connectivity index (χ0v) is 16.2. The number of hydrogen-bond acceptors (Lipinski definition) is 5. The largest absolute Gasteiger partial charge is 0.298 e. The number of nitrogens with one attached hydrogen (secondary N) is 1. The third kappa shape index (κ3) is 2.78. The zero-order chi connectivity index (χ0) is 18.7. The summed E-state index contributed by atoms with van der Waals surface area (Å²) in [6, 6.07) is 8.03. The maximum Gasteiger partial charge on any atom is 0.258 e. The second kappa shape index (κ2) is 5.85. The Bertz CT molecular complexity index is 1220. The molecule has 7 heteroatoms. The summed E-state index contributed by atoms with van der Waals surface area (Å²) in [7, 11) is 1.87. The standard InChI is InChI=1S/C20H19N5OS/c1-10-4-7-14-16(8-10)27-20(22-14)23-19(26)13-9-15(12-5-6-12)21-18-17(13)11(2)24-25(18)3/h4,7-9,12H,5-6H2,1-3H3,(H,22,23,26). The molecule has 1 amide bonds. The predicted octanol–water partition coefficient (Wildman–Crippen LogP) is 4.32. The van der Waals surface area contributed by atoms with Crippen LogP contribution in [0.15, 0.2) is 24.3 Å². The first-order valence-electron chi connectivity index (χ1n) is 9.02. The topological polar surface area (TPSA) is 72.7 Å². The molecule has 0 aliphatic heterocycles. The van der Waals surface area contributed by atoms with Crippen molar-refractivity contribution in [3.05, 3.63) is 46.8 Å². The van der Waals surface area contributed by atoms with Crippen molar-refractivity contribution in [3.8, 4) is 0 Å². The van der Waals surface area contributed by atoms with Crippen LogP contribution in [0.4, 0.5) is 5.13 Å². The fraction of sp³-hybridized carbons (Fsp3) is 0.300. The number of hydrogen-bond donors (Lipinski definition) is 1. The zero-order valence-electron chi connectivity index (χ0n) is 15.4. The lowest BCUT2D eigenvalue weighted by Gasteiger charge is -2.07. The van der Waals surface area contributed by atoms with Crippen LogP contribution in [0.1, 0.15) is 46.1 Å². The van der Waals surface area contributed by atoms with Gasteiger partial charge in [0.15, 0.2) is 10.8 Å². The van der Waals surface area contributed by atoms with Crippen LogP contribution in [0.25, 0.3) is 21.3 Å². The Kier molecular flexibility index (Phi) is 3.55. The summed E-state index contributed by atoms with van der Waals surface area (Å²) in [6.45, 7) is 3.97. The third-order valence-electron chi connectivity index (χ3n) is 4.99. The van der Waals surface area contributed by atoms with Crippen molar-refractivity contribution in [2.24, 2.45) is 7.05 Å². The van der Waals surface area contributed by atoms with Crippen LogP contribution in [-0.4, -0.2) is 25.7 Å². The first-order valence-corrected chi connectivity index (χ1v) is 9.84. The van der Waals surface area contributed by atoms with E-state index in [4.69, 9.17) is 4.98 Å². The van der Waals surface area contributed by atoms with E-state index in [0.29, 0.717) is 16.6 Å². The van der Waals surface area contributed by atoms with Crippen LogP contribution >= 0.6 is 11.3 Å². The number of carbonyl (C=O) groups excluding carboxylic acids is 1. The lowest BCUT2D eigenvalue weighted by molar-refractivity contribution is 0.102. The van der Waals surface area contributed by atoms with Gasteiger partial charge in [-0.2, -0.15) is 5.10 Å². The highest BCUT2D eigenvalue weighted by Gasteiger charge is 2.28. The molecular formula is C20H19N5OS. The SMILES string of the molecule is Cc1ccc2nc(NC(=O)c3cc(C4CC4)nc4c3c(C)nn4C)sc2c1. The minimum atomic E-state index is -0.156. The van der Waals surface area contributed by atoms with Gasteiger partial charge < -0.3 is 0 Å². The van der Waals surface area contributed by atoms with Gasteiger partial charge in [0.05, 0.1) is 26.9 Å². The predicted molar refractivity (Wildman–Crippen MR) is 108 cm³/mol. The molecule has 0 unspecified atom stereocenters. The number of nitrogens with zero attached hydrogens (tertiary/aromatic N) is 4. The van der Waals surface area contributed by atoms with Gasteiger partial charge >= 0.3 is 0 Å². The average molecular weight is 377 g/mol. The summed E-state index contributed by atoms with van der Waals surface area (Å²) in [5.41, 5.74) is 5.27. The quantitative estimate of drug-likeness (QED) is 0.577. The number of aryl methyl sites for hydroxylation is 3. The van der Waals surface area contributed by atoms with Gasteiger partial charge in [0.1, 0.15) is 0 Å². The average Bonchev–Trinajstić information content (AvgIpc) is 3.35. The van der Waals surface area contributed by atoms with E-state index in [1.807, 2.05) is 32.2 Å². The Hall–Kier alpha value is -2.80. The minimum Gasteiger partial charge on any atom is -0.298 e. The van der Waals surface area contributed by atoms with E-state index in [-0.39, 0.29) is 5.91 Å². The van der Waals surface area contributed by atoms with E-state index >= 15 is 0 Å². The molecule has 1 fully saturated rings. The van der Waals surface area contributed by atoms with Gasteiger partial charge in [-0.25, -0.2) is 9.97 Å². The summed E-state index contributed by atoms with van der Waals surface area (Å²) in [5.74, 6) is 0.303. The molecule has 0 saturated heterocycles. The van der Waals surface area contributed by atoms with E-state index in [1.54, 1.807) is 4.68 Å². The van der Waals surface area contributed by atoms with Crippen molar-refractivity contribution in [3.63, 3.8) is 0 Å². The van der Waals surface area contributed by atoms with E-state index in [2.05, 4.69) is 28.4 Å². The lowest BCUT2D eigenvalue weighted by Crippen LogP contribution is -2.13. The summed E-state index contributed by atoms with van der Waals surface area (Å²) in [6.07, 6.45) is 2.27. The Morgan fingerprint density at radius 3 is 2.81 bits per heavy atom. The first-order chi connectivity index (χ1) is 13.0. The molecule has 0 atom stereocenters. The normalized spacial score (nSPS) is 14.2. The molecule has 6 nitrogen and oxygen atoms in total. The number of pyridine rings is 1. The summed E-state index contributed by atoms with van der Waals surface area (Å²) in [4.78, 5) is 22.4. The van der Waals surface area contributed by atoms with Crippen molar-refractivity contribution >= 4 is 43.6 Å². The van der Waals surface area contributed by atoms with Gasteiger partial charge in [0.25, 0.3) is 5.91 Å². The molecule has 1 saturated carbocycles. The Labute approximate surface area is 160 Å². The monoisotopic (exact) mass is 377 g/mol. The minimum absolute atomic E-state index is 0.156. The Morgan fingerprint density at radius 2 is 2.04 bits per heavy atom. The van der Waals surface area contributed by atoms with Crippen LogP contribution in [0.3, 0.4) is 0 Å². The molecule has 5 rings (SSSR count). The van der Waals surface area contributed by atoms with Gasteiger partial charge in [0, 0.05) is 18.7 Å². The van der Waals surface area contributed by atoms with Gasteiger partial charge in [-0.15, -0.1) is 0 Å². The molecule has 1 aliphatic rings. The van der Waals surface area contributed by atoms with Crippen LogP contribution < -0.4 is 5.32 Å². The van der Waals surface area contributed by atoms with Crippen molar-refractivity contribution < 1.29 is 4.79 Å². The Morgan fingerprint density at radius 1 is 1.22 bits per heavy atom. The maximum absolute atomic E-state index is 13.1. The molecule has 136 valence electrons. The summed E-state index contributed by atoms with van der Waals surface area (Å²) in [5, 5.41) is 8.88. The smallest absolute Gasteiger partial charge is 0.258 e. The number of thiazole rings is 1. The van der Waals surface area contributed by atoms with Gasteiger partial charge in [0.2, 0.25) is 0 Å². The number of amides is 1. The number of benzene rings is 1. The van der Waals surface area contributed by atoms with Crippen molar-refractivity contribution in [1.82, 2.24) is 19.7 Å². The molecule has 1 aromatic carbocycles. The second-order valence-corrected chi connectivity index (χ2v) is 8.25. The van der Waals surface area contributed by atoms with Crippen LogP contribution in [0.2, 0.25) is 0 Å². The molecule has 0 radical (unpaired) electrons. The van der Waals surface area contributed by atoms with Crippen molar-refractivity contribution in [2.75, 3.05) is 5.32 Å². The summed E-state index contributed by atoms with van der Waals surface area (Å²) >= 11 is 1.49. The van der Waals surface area contributed by atoms with E-state index in [9.17, 15) is 4.79 Å². The highest BCUT2D eigenvalue weighted by Crippen LogP contribution is 2.40. The molecule has 0 bridgehead atoms. The molecular weight excluding hydrogens is 358 g/mol. The lowest BCUT2D eigenvalue weighted by atomic mass is 10.1. The van der Waals surface area contributed by atoms with Gasteiger partial charge in [-0.3, -0.25) is 14.8 Å². The molecule has 3 heterocycles. The van der Waals surface area contributed by atoms with E-state index in [1.165, 1.54) is 16.9 Å². The third-order valence-corrected chi connectivity index (χ3v) is 5.93. The molecule has 1 N–H and O–H groups in total. The first kappa shape index (κ1) is 16.4. The molecule has 3 aromatic heterocycles. The van der Waals surface area contributed by atoms with E-state index in [0.717, 1.165) is 45.5 Å².